The van der Waals surface area contributed by atoms with E-state index >= 15 is 0 Å². The first kappa shape index (κ1) is 23.5. The second-order valence-corrected chi connectivity index (χ2v) is 11.0. The minimum absolute atomic E-state index is 0.633. The molecule has 0 atom stereocenters. The zero-order chi connectivity index (χ0) is 23.7. The summed E-state index contributed by atoms with van der Waals surface area (Å²) in [6, 6.07) is 27.4. The molecule has 34 heavy (non-hydrogen) atoms. The number of benzene rings is 4. The molecule has 0 saturated heterocycles. The molecular formula is C26H14Br4N2O2. The molecule has 0 amide bonds. The molecule has 0 fully saturated rings. The number of aromatic nitrogens is 2. The van der Waals surface area contributed by atoms with E-state index in [-0.39, 0.29) is 0 Å². The number of para-hydroxylation sites is 4. The first-order valence-corrected chi connectivity index (χ1v) is 13.3. The molecule has 4 aromatic carbocycles. The second-order valence-electron chi connectivity index (χ2n) is 7.29. The average molecular weight is 706 g/mol. The lowest BCUT2D eigenvalue weighted by atomic mass is 10.2. The molecule has 0 radical (unpaired) electrons. The van der Waals surface area contributed by atoms with Gasteiger partial charge in [0, 0.05) is 29.0 Å². The number of halogens is 4. The van der Waals surface area contributed by atoms with Gasteiger partial charge >= 0.3 is 0 Å². The van der Waals surface area contributed by atoms with Gasteiger partial charge in [0.15, 0.2) is 11.2 Å². The highest BCUT2D eigenvalue weighted by Crippen LogP contribution is 2.30. The Morgan fingerprint density at radius 2 is 0.824 bits per heavy atom. The van der Waals surface area contributed by atoms with Gasteiger partial charge in [0.1, 0.15) is 11.0 Å². The van der Waals surface area contributed by atoms with Crippen LogP contribution in [0.1, 0.15) is 0 Å². The van der Waals surface area contributed by atoms with Crippen LogP contribution in [0.5, 0.6) is 0 Å². The van der Waals surface area contributed by atoms with Crippen LogP contribution in [0.4, 0.5) is 0 Å². The Morgan fingerprint density at radius 1 is 0.471 bits per heavy atom. The summed E-state index contributed by atoms with van der Waals surface area (Å²) in [5.41, 5.74) is 5.25. The van der Waals surface area contributed by atoms with Crippen molar-refractivity contribution in [2.45, 2.75) is 0 Å². The largest absolute Gasteiger partial charge is 0.436 e. The van der Waals surface area contributed by atoms with Crippen LogP contribution in [0, 0.1) is 0 Å². The Bertz CT molecular complexity index is 1400. The molecule has 168 valence electrons. The van der Waals surface area contributed by atoms with Crippen LogP contribution in [-0.2, 0) is 0 Å². The summed E-state index contributed by atoms with van der Waals surface area (Å²) in [6.45, 7) is 0. The fourth-order valence-corrected chi connectivity index (χ4v) is 5.93. The maximum atomic E-state index is 5.71. The van der Waals surface area contributed by atoms with Crippen LogP contribution in [0.25, 0.3) is 45.1 Å². The van der Waals surface area contributed by atoms with Crippen LogP contribution < -0.4 is 0 Å². The van der Waals surface area contributed by atoms with Crippen molar-refractivity contribution >= 4 is 85.9 Å². The Kier molecular flexibility index (Phi) is 7.01. The normalized spacial score (nSPS) is 10.9. The van der Waals surface area contributed by atoms with Crippen molar-refractivity contribution in [3.8, 4) is 22.9 Å². The fourth-order valence-electron chi connectivity index (χ4n) is 3.35. The lowest BCUT2D eigenvalue weighted by Crippen LogP contribution is -1.78. The molecular weight excluding hydrogens is 692 g/mol. The van der Waals surface area contributed by atoms with Crippen molar-refractivity contribution < 1.29 is 8.83 Å². The second kappa shape index (κ2) is 10.2. The van der Waals surface area contributed by atoms with Crippen molar-refractivity contribution in [3.63, 3.8) is 0 Å². The minimum atomic E-state index is 0.633. The molecule has 0 aliphatic heterocycles. The molecule has 0 bridgehead atoms. The topological polar surface area (TPSA) is 52.1 Å². The van der Waals surface area contributed by atoms with E-state index in [1.165, 1.54) is 0 Å². The van der Waals surface area contributed by atoms with E-state index in [1.54, 1.807) is 0 Å². The van der Waals surface area contributed by atoms with Gasteiger partial charge in [0.25, 0.3) is 0 Å². The van der Waals surface area contributed by atoms with E-state index in [0.29, 0.717) is 11.8 Å². The maximum Gasteiger partial charge on any atom is 0.227 e. The first-order chi connectivity index (χ1) is 16.4. The van der Waals surface area contributed by atoms with Crippen molar-refractivity contribution in [1.82, 2.24) is 9.97 Å². The van der Waals surface area contributed by atoms with E-state index in [1.807, 2.05) is 84.9 Å². The maximum absolute atomic E-state index is 5.71. The molecule has 0 saturated carbocycles. The third kappa shape index (κ3) is 5.35. The molecule has 8 heteroatoms. The van der Waals surface area contributed by atoms with Gasteiger partial charge in [-0.2, -0.15) is 0 Å². The van der Waals surface area contributed by atoms with Gasteiger partial charge in [-0.15, -0.1) is 0 Å². The SMILES string of the molecule is Brc1cc(Br)cc(-c2nc3ccccc3o2)c1.Brc1cc(Br)cc(-c2nc3ccccc3o2)c1. The summed E-state index contributed by atoms with van der Waals surface area (Å²) in [5.74, 6) is 1.27. The number of hydrogen-bond acceptors (Lipinski definition) is 4. The summed E-state index contributed by atoms with van der Waals surface area (Å²) >= 11 is 13.8. The van der Waals surface area contributed by atoms with Gasteiger partial charge in [-0.3, -0.25) is 0 Å². The number of nitrogens with zero attached hydrogens (tertiary/aromatic N) is 2. The summed E-state index contributed by atoms with van der Waals surface area (Å²) in [5, 5.41) is 0. The van der Waals surface area contributed by atoms with Gasteiger partial charge in [0.05, 0.1) is 0 Å². The van der Waals surface area contributed by atoms with Crippen LogP contribution in [-0.4, -0.2) is 9.97 Å². The highest BCUT2D eigenvalue weighted by atomic mass is 79.9. The van der Waals surface area contributed by atoms with Gasteiger partial charge in [-0.25, -0.2) is 9.97 Å². The van der Waals surface area contributed by atoms with Crippen LogP contribution in [0.3, 0.4) is 0 Å². The Morgan fingerprint density at radius 3 is 1.18 bits per heavy atom. The lowest BCUT2D eigenvalue weighted by Gasteiger charge is -1.98. The van der Waals surface area contributed by atoms with Gasteiger partial charge in [-0.05, 0) is 60.7 Å². The van der Waals surface area contributed by atoms with Crippen molar-refractivity contribution in [1.29, 1.82) is 0 Å². The number of oxazole rings is 2. The lowest BCUT2D eigenvalue weighted by molar-refractivity contribution is 0.619. The molecule has 0 N–H and O–H groups in total. The zero-order valence-corrected chi connectivity index (χ0v) is 23.6. The van der Waals surface area contributed by atoms with Crippen LogP contribution in [0.2, 0.25) is 0 Å². The predicted octanol–water partition coefficient (Wildman–Crippen LogP) is 10.0. The predicted molar refractivity (Wildman–Crippen MR) is 150 cm³/mol. The average Bonchev–Trinajstić information content (AvgIpc) is 3.43. The van der Waals surface area contributed by atoms with E-state index < -0.39 is 0 Å². The van der Waals surface area contributed by atoms with E-state index in [9.17, 15) is 0 Å². The van der Waals surface area contributed by atoms with Gasteiger partial charge < -0.3 is 8.83 Å². The monoisotopic (exact) mass is 702 g/mol. The molecule has 0 aliphatic carbocycles. The van der Waals surface area contributed by atoms with Gasteiger partial charge in [-0.1, -0.05) is 88.0 Å². The van der Waals surface area contributed by atoms with Gasteiger partial charge in [0.2, 0.25) is 11.8 Å². The third-order valence-corrected chi connectivity index (χ3v) is 6.64. The first-order valence-electron chi connectivity index (χ1n) is 10.1. The quantitative estimate of drug-likeness (QED) is 0.180. The fraction of sp³-hybridized carbons (Fsp3) is 0. The Labute approximate surface area is 228 Å². The molecule has 0 aliphatic rings. The number of hydrogen-bond donors (Lipinski definition) is 0. The smallest absolute Gasteiger partial charge is 0.227 e. The number of fused-ring (bicyclic) bond motifs is 2. The van der Waals surface area contributed by atoms with Crippen molar-refractivity contribution in [2.24, 2.45) is 0 Å². The van der Waals surface area contributed by atoms with E-state index in [0.717, 1.165) is 51.2 Å². The molecule has 0 unspecified atom stereocenters. The zero-order valence-electron chi connectivity index (χ0n) is 17.3. The molecule has 4 nitrogen and oxygen atoms in total. The number of rotatable bonds is 2. The molecule has 0 spiro atoms. The third-order valence-electron chi connectivity index (χ3n) is 4.81. The summed E-state index contributed by atoms with van der Waals surface area (Å²) in [4.78, 5) is 8.91. The molecule has 6 rings (SSSR count). The summed E-state index contributed by atoms with van der Waals surface area (Å²) < 4.78 is 15.4. The highest BCUT2D eigenvalue weighted by Gasteiger charge is 2.10. The van der Waals surface area contributed by atoms with Crippen LogP contribution >= 0.6 is 63.7 Å². The van der Waals surface area contributed by atoms with E-state index in [4.69, 9.17) is 8.83 Å². The standard InChI is InChI=1S/2C13H7Br2NO/c2*14-9-5-8(6-10(15)7-9)13-16-11-3-1-2-4-12(11)17-13/h2*1-7H. The minimum Gasteiger partial charge on any atom is -0.436 e. The summed E-state index contributed by atoms with van der Waals surface area (Å²) in [6.07, 6.45) is 0. The summed E-state index contributed by atoms with van der Waals surface area (Å²) in [7, 11) is 0. The highest BCUT2D eigenvalue weighted by molar-refractivity contribution is 9.11. The molecule has 2 aromatic heterocycles. The Balaban J connectivity index is 0.000000142. The van der Waals surface area contributed by atoms with Crippen LogP contribution in [0.15, 0.2) is 112 Å². The molecule has 6 aromatic rings. The Hall–Kier alpha value is -2.26. The van der Waals surface area contributed by atoms with E-state index in [2.05, 4.69) is 73.7 Å². The molecule has 2 heterocycles. The van der Waals surface area contributed by atoms with Crippen molar-refractivity contribution in [3.05, 3.63) is 103 Å². The van der Waals surface area contributed by atoms with Crippen molar-refractivity contribution in [2.75, 3.05) is 0 Å².